The molecule has 0 saturated carbocycles. The largest absolute Gasteiger partial charge is 0.476 e. The number of likely N-dealkylation sites (N-methyl/N-ethyl adjacent to an activating group) is 1. The molecule has 0 aliphatic heterocycles. The number of halogens is 1. The van der Waals surface area contributed by atoms with Crippen LogP contribution in [0.4, 0.5) is 0 Å². The Hall–Kier alpha value is -0.840. The minimum Gasteiger partial charge on any atom is -0.476 e. The van der Waals surface area contributed by atoms with Crippen LogP contribution < -0.4 is 10.1 Å². The van der Waals surface area contributed by atoms with E-state index in [-0.39, 0.29) is 0 Å². The molecule has 0 unspecified atom stereocenters. The minimum absolute atomic E-state index is 0.622. The smallest absolute Gasteiger partial charge is 0.213 e. The molecule has 5 heteroatoms. The zero-order valence-corrected chi connectivity index (χ0v) is 10.7. The molecule has 90 valence electrons. The summed E-state index contributed by atoms with van der Waals surface area (Å²) in [7, 11) is 5.89. The third kappa shape index (κ3) is 4.35. The van der Waals surface area contributed by atoms with Crippen molar-refractivity contribution in [2.75, 3.05) is 34.3 Å². The third-order valence-corrected chi connectivity index (χ3v) is 2.41. The molecule has 1 rings (SSSR count). The van der Waals surface area contributed by atoms with Gasteiger partial charge in [0.2, 0.25) is 5.88 Å². The highest BCUT2D eigenvalue weighted by molar-refractivity contribution is 6.31. The molecule has 0 aliphatic carbocycles. The monoisotopic (exact) mass is 243 g/mol. The number of aromatic nitrogens is 1. The van der Waals surface area contributed by atoms with E-state index in [0.29, 0.717) is 24.1 Å². The van der Waals surface area contributed by atoms with Crippen molar-refractivity contribution >= 4 is 11.6 Å². The van der Waals surface area contributed by atoms with Crippen molar-refractivity contribution < 1.29 is 4.74 Å². The molecule has 1 N–H and O–H groups in total. The van der Waals surface area contributed by atoms with Crippen molar-refractivity contribution in [1.29, 1.82) is 0 Å². The van der Waals surface area contributed by atoms with Crippen molar-refractivity contribution in [3.63, 3.8) is 0 Å². The van der Waals surface area contributed by atoms with E-state index in [9.17, 15) is 0 Å². The Balaban J connectivity index is 2.56. The molecule has 1 heterocycles. The molecule has 1 aromatic rings. The Kier molecular flexibility index (Phi) is 5.52. The number of pyridine rings is 1. The SMILES string of the molecule is CNCc1cc(OCCN(C)C)ncc1Cl. The zero-order chi connectivity index (χ0) is 12.0. The fraction of sp³-hybridized carbons (Fsp3) is 0.545. The standard InChI is InChI=1S/C11H18ClN3O/c1-13-7-9-6-11(14-8-10(9)12)16-5-4-15(2)3/h6,8,13H,4-5,7H2,1-3H3. The summed E-state index contributed by atoms with van der Waals surface area (Å²) in [5.41, 5.74) is 0.999. The maximum Gasteiger partial charge on any atom is 0.213 e. The maximum absolute atomic E-state index is 5.99. The summed E-state index contributed by atoms with van der Waals surface area (Å²) in [4.78, 5) is 6.18. The quantitative estimate of drug-likeness (QED) is 0.820. The van der Waals surface area contributed by atoms with Crippen LogP contribution in [0.15, 0.2) is 12.3 Å². The first-order chi connectivity index (χ1) is 7.63. The molecule has 0 bridgehead atoms. The first-order valence-electron chi connectivity index (χ1n) is 5.20. The van der Waals surface area contributed by atoms with Crippen molar-refractivity contribution in [3.8, 4) is 5.88 Å². The summed E-state index contributed by atoms with van der Waals surface area (Å²) >= 11 is 5.99. The zero-order valence-electron chi connectivity index (χ0n) is 9.96. The summed E-state index contributed by atoms with van der Waals surface area (Å²) in [6.45, 7) is 2.21. The van der Waals surface area contributed by atoms with Crippen molar-refractivity contribution in [1.82, 2.24) is 15.2 Å². The lowest BCUT2D eigenvalue weighted by molar-refractivity contribution is 0.253. The van der Waals surface area contributed by atoms with Crippen molar-refractivity contribution in [2.45, 2.75) is 6.54 Å². The summed E-state index contributed by atoms with van der Waals surface area (Å²) in [5, 5.41) is 3.71. The van der Waals surface area contributed by atoms with Crippen molar-refractivity contribution in [2.24, 2.45) is 0 Å². The molecule has 1 aromatic heterocycles. The van der Waals surface area contributed by atoms with E-state index in [0.717, 1.165) is 12.1 Å². The molecule has 4 nitrogen and oxygen atoms in total. The van der Waals surface area contributed by atoms with Gasteiger partial charge in [0.05, 0.1) is 5.02 Å². The molecule has 0 saturated heterocycles. The normalized spacial score (nSPS) is 10.8. The van der Waals surface area contributed by atoms with Gasteiger partial charge in [0, 0.05) is 25.4 Å². The van der Waals surface area contributed by atoms with Gasteiger partial charge in [-0.2, -0.15) is 0 Å². The van der Waals surface area contributed by atoms with Gasteiger partial charge in [0.1, 0.15) is 6.61 Å². The topological polar surface area (TPSA) is 37.4 Å². The van der Waals surface area contributed by atoms with Crippen molar-refractivity contribution in [3.05, 3.63) is 22.8 Å². The maximum atomic E-state index is 5.99. The predicted octanol–water partition coefficient (Wildman–Crippen LogP) is 1.39. The Morgan fingerprint density at radius 3 is 2.88 bits per heavy atom. The highest BCUT2D eigenvalue weighted by atomic mass is 35.5. The Labute approximate surface area is 102 Å². The first kappa shape index (κ1) is 13.2. The van der Waals surface area contributed by atoms with Crippen LogP contribution in [-0.4, -0.2) is 44.2 Å². The molecule has 0 fully saturated rings. The third-order valence-electron chi connectivity index (χ3n) is 2.07. The van der Waals surface area contributed by atoms with Gasteiger partial charge in [-0.05, 0) is 26.7 Å². The molecule has 0 radical (unpaired) electrons. The molecule has 0 spiro atoms. The second-order valence-corrected chi connectivity index (χ2v) is 4.20. The molecule has 0 aliphatic rings. The molecule has 16 heavy (non-hydrogen) atoms. The van der Waals surface area contributed by atoms with Gasteiger partial charge in [-0.25, -0.2) is 4.98 Å². The Morgan fingerprint density at radius 2 is 2.25 bits per heavy atom. The van der Waals surface area contributed by atoms with Crippen LogP contribution in [0.5, 0.6) is 5.88 Å². The summed E-state index contributed by atoms with van der Waals surface area (Å²) in [6, 6.07) is 1.87. The van der Waals surface area contributed by atoms with E-state index in [1.807, 2.05) is 27.2 Å². The van der Waals surface area contributed by atoms with E-state index >= 15 is 0 Å². The predicted molar refractivity (Wildman–Crippen MR) is 66.1 cm³/mol. The highest BCUT2D eigenvalue weighted by Gasteiger charge is 2.03. The fourth-order valence-corrected chi connectivity index (χ4v) is 1.37. The van der Waals surface area contributed by atoms with Crippen LogP contribution in [-0.2, 0) is 6.54 Å². The van der Waals surface area contributed by atoms with E-state index in [1.54, 1.807) is 6.20 Å². The van der Waals surface area contributed by atoms with E-state index in [2.05, 4.69) is 15.2 Å². The fourth-order valence-electron chi connectivity index (χ4n) is 1.20. The molecular formula is C11H18ClN3O. The van der Waals surface area contributed by atoms with Crippen LogP contribution in [0.25, 0.3) is 0 Å². The van der Waals surface area contributed by atoms with Crippen LogP contribution >= 0.6 is 11.6 Å². The van der Waals surface area contributed by atoms with Crippen LogP contribution in [0, 0.1) is 0 Å². The molecule has 0 atom stereocenters. The number of nitrogens with zero attached hydrogens (tertiary/aromatic N) is 2. The molecular weight excluding hydrogens is 226 g/mol. The summed E-state index contributed by atoms with van der Waals surface area (Å²) < 4.78 is 5.52. The number of hydrogen-bond acceptors (Lipinski definition) is 4. The summed E-state index contributed by atoms with van der Waals surface area (Å²) in [6.07, 6.45) is 1.62. The molecule has 0 aromatic carbocycles. The second-order valence-electron chi connectivity index (χ2n) is 3.80. The van der Waals surface area contributed by atoms with Gasteiger partial charge in [0.15, 0.2) is 0 Å². The van der Waals surface area contributed by atoms with Crippen LogP contribution in [0.1, 0.15) is 5.56 Å². The van der Waals surface area contributed by atoms with E-state index in [4.69, 9.17) is 16.3 Å². The number of nitrogens with one attached hydrogen (secondary N) is 1. The lowest BCUT2D eigenvalue weighted by atomic mass is 10.2. The highest BCUT2D eigenvalue weighted by Crippen LogP contribution is 2.18. The van der Waals surface area contributed by atoms with Gasteiger partial charge in [-0.15, -0.1) is 0 Å². The lowest BCUT2D eigenvalue weighted by Gasteiger charge is -2.11. The first-order valence-corrected chi connectivity index (χ1v) is 5.58. The average Bonchev–Trinajstić information content (AvgIpc) is 2.22. The summed E-state index contributed by atoms with van der Waals surface area (Å²) in [5.74, 6) is 0.622. The second kappa shape index (κ2) is 6.68. The van der Waals surface area contributed by atoms with Gasteiger partial charge in [0.25, 0.3) is 0 Å². The average molecular weight is 244 g/mol. The van der Waals surface area contributed by atoms with Gasteiger partial charge < -0.3 is 15.0 Å². The van der Waals surface area contributed by atoms with E-state index < -0.39 is 0 Å². The Bertz CT molecular complexity index is 331. The lowest BCUT2D eigenvalue weighted by Crippen LogP contribution is -2.19. The van der Waals surface area contributed by atoms with Crippen LogP contribution in [0.2, 0.25) is 5.02 Å². The minimum atomic E-state index is 0.622. The number of hydrogen-bond donors (Lipinski definition) is 1. The van der Waals surface area contributed by atoms with Gasteiger partial charge >= 0.3 is 0 Å². The van der Waals surface area contributed by atoms with Gasteiger partial charge in [-0.3, -0.25) is 0 Å². The number of rotatable bonds is 6. The van der Waals surface area contributed by atoms with Gasteiger partial charge in [-0.1, -0.05) is 11.6 Å². The Morgan fingerprint density at radius 1 is 1.50 bits per heavy atom. The number of ether oxygens (including phenoxy) is 1. The van der Waals surface area contributed by atoms with E-state index in [1.165, 1.54) is 0 Å². The van der Waals surface area contributed by atoms with Crippen LogP contribution in [0.3, 0.4) is 0 Å². The molecule has 0 amide bonds.